The molecule has 0 atom stereocenters. The highest BCUT2D eigenvalue weighted by atomic mass is 35.5. The third-order valence-corrected chi connectivity index (χ3v) is 5.00. The number of hydrogen-bond donors (Lipinski definition) is 2. The molecule has 0 unspecified atom stereocenters. The number of nitrogens with zero attached hydrogens (tertiary/aromatic N) is 2. The minimum atomic E-state index is -0.152. The minimum absolute atomic E-state index is 0.152. The number of nitrogens with one attached hydrogen (secondary N) is 1. The number of nitrogens with two attached hydrogens (primary N) is 1. The van der Waals surface area contributed by atoms with E-state index < -0.39 is 0 Å². The van der Waals surface area contributed by atoms with Crippen LogP contribution in [0.2, 0.25) is 5.02 Å². The predicted molar refractivity (Wildman–Crippen MR) is 105 cm³/mol. The van der Waals surface area contributed by atoms with Gasteiger partial charge in [-0.1, -0.05) is 11.6 Å². The molecule has 0 bridgehead atoms. The Kier molecular flexibility index (Phi) is 5.61. The van der Waals surface area contributed by atoms with Gasteiger partial charge in [-0.3, -0.25) is 9.48 Å². The molecule has 0 aliphatic rings. The standard InChI is InChI=1S/C18H19ClN4O2S/c1-11-3-6-16(26-11)18(24)22-12-4-5-15(25-8-7-20)13(9-12)17-14(19)10-21-23(17)2/h3-6,9-10H,7-8,20H2,1-2H3,(H,22,24). The number of benzene rings is 1. The van der Waals surface area contributed by atoms with E-state index in [9.17, 15) is 4.79 Å². The molecule has 1 amide bonds. The van der Waals surface area contributed by atoms with Gasteiger partial charge in [0, 0.05) is 29.7 Å². The minimum Gasteiger partial charge on any atom is -0.492 e. The molecular weight excluding hydrogens is 372 g/mol. The summed E-state index contributed by atoms with van der Waals surface area (Å²) in [6.07, 6.45) is 1.57. The van der Waals surface area contributed by atoms with Crippen LogP contribution in [-0.4, -0.2) is 28.8 Å². The highest BCUT2D eigenvalue weighted by Gasteiger charge is 2.17. The maximum absolute atomic E-state index is 12.4. The second kappa shape index (κ2) is 7.90. The molecule has 3 rings (SSSR count). The average molecular weight is 391 g/mol. The van der Waals surface area contributed by atoms with Crippen LogP contribution in [0.5, 0.6) is 5.75 Å². The van der Waals surface area contributed by atoms with E-state index in [2.05, 4.69) is 10.4 Å². The average Bonchev–Trinajstić information content (AvgIpc) is 3.19. The lowest BCUT2D eigenvalue weighted by molar-refractivity contribution is 0.103. The van der Waals surface area contributed by atoms with Crippen LogP contribution in [0.3, 0.4) is 0 Å². The molecule has 3 aromatic rings. The number of hydrogen-bond acceptors (Lipinski definition) is 5. The Balaban J connectivity index is 1.95. The lowest BCUT2D eigenvalue weighted by atomic mass is 10.1. The van der Waals surface area contributed by atoms with E-state index in [0.29, 0.717) is 40.2 Å². The smallest absolute Gasteiger partial charge is 0.265 e. The molecule has 0 saturated carbocycles. The first-order valence-electron chi connectivity index (χ1n) is 8.02. The molecule has 3 N–H and O–H groups in total. The molecule has 26 heavy (non-hydrogen) atoms. The van der Waals surface area contributed by atoms with Crippen LogP contribution in [0, 0.1) is 6.92 Å². The van der Waals surface area contributed by atoms with Crippen LogP contribution in [-0.2, 0) is 7.05 Å². The van der Waals surface area contributed by atoms with Crippen LogP contribution >= 0.6 is 22.9 Å². The van der Waals surface area contributed by atoms with E-state index in [1.54, 1.807) is 30.1 Å². The summed E-state index contributed by atoms with van der Waals surface area (Å²) in [6.45, 7) is 2.74. The monoisotopic (exact) mass is 390 g/mol. The number of amides is 1. The fourth-order valence-electron chi connectivity index (χ4n) is 2.55. The Morgan fingerprint density at radius 2 is 2.19 bits per heavy atom. The molecule has 136 valence electrons. The van der Waals surface area contributed by atoms with Crippen molar-refractivity contribution in [3.05, 3.63) is 51.3 Å². The summed E-state index contributed by atoms with van der Waals surface area (Å²) in [4.78, 5) is 14.2. The van der Waals surface area contributed by atoms with Gasteiger partial charge in [-0.15, -0.1) is 11.3 Å². The van der Waals surface area contributed by atoms with Gasteiger partial charge in [0.05, 0.1) is 21.8 Å². The molecule has 6 nitrogen and oxygen atoms in total. The van der Waals surface area contributed by atoms with Crippen molar-refractivity contribution in [1.29, 1.82) is 0 Å². The van der Waals surface area contributed by atoms with Gasteiger partial charge in [-0.05, 0) is 37.3 Å². The molecule has 0 radical (unpaired) electrons. The van der Waals surface area contributed by atoms with Crippen LogP contribution in [0.4, 0.5) is 5.69 Å². The predicted octanol–water partition coefficient (Wildman–Crippen LogP) is 3.70. The number of anilines is 1. The van der Waals surface area contributed by atoms with Crippen molar-refractivity contribution in [1.82, 2.24) is 9.78 Å². The zero-order valence-corrected chi connectivity index (χ0v) is 16.0. The fraction of sp³-hybridized carbons (Fsp3) is 0.222. The number of thiophene rings is 1. The van der Waals surface area contributed by atoms with Crippen LogP contribution in [0.25, 0.3) is 11.3 Å². The molecule has 2 aromatic heterocycles. The molecule has 0 saturated heterocycles. The lowest BCUT2D eigenvalue weighted by Gasteiger charge is -2.14. The van der Waals surface area contributed by atoms with E-state index in [0.717, 1.165) is 10.4 Å². The first-order chi connectivity index (χ1) is 12.5. The van der Waals surface area contributed by atoms with Crippen molar-refractivity contribution >= 4 is 34.5 Å². The molecule has 0 aliphatic carbocycles. The molecule has 0 spiro atoms. The van der Waals surface area contributed by atoms with Crippen LogP contribution in [0.1, 0.15) is 14.5 Å². The number of ether oxygens (including phenoxy) is 1. The van der Waals surface area contributed by atoms with Gasteiger partial charge in [0.15, 0.2) is 0 Å². The molecule has 8 heteroatoms. The molecular formula is C18H19ClN4O2S. The Morgan fingerprint density at radius 3 is 2.81 bits per heavy atom. The van der Waals surface area contributed by atoms with E-state index >= 15 is 0 Å². The fourth-order valence-corrected chi connectivity index (χ4v) is 3.58. The van der Waals surface area contributed by atoms with Crippen molar-refractivity contribution in [3.8, 4) is 17.0 Å². The number of carbonyl (C=O) groups is 1. The number of halogens is 1. The van der Waals surface area contributed by atoms with Crippen molar-refractivity contribution in [2.75, 3.05) is 18.5 Å². The van der Waals surface area contributed by atoms with Gasteiger partial charge in [0.2, 0.25) is 0 Å². The number of rotatable bonds is 6. The second-order valence-electron chi connectivity index (χ2n) is 5.68. The quantitative estimate of drug-likeness (QED) is 0.672. The van der Waals surface area contributed by atoms with Gasteiger partial charge >= 0.3 is 0 Å². The third kappa shape index (κ3) is 3.90. The largest absolute Gasteiger partial charge is 0.492 e. The van der Waals surface area contributed by atoms with Crippen LogP contribution < -0.4 is 15.8 Å². The maximum Gasteiger partial charge on any atom is 0.265 e. The van der Waals surface area contributed by atoms with Gasteiger partial charge < -0.3 is 15.8 Å². The van der Waals surface area contributed by atoms with E-state index in [4.69, 9.17) is 22.1 Å². The normalized spacial score (nSPS) is 10.8. The Hall–Kier alpha value is -2.35. The van der Waals surface area contributed by atoms with E-state index in [1.165, 1.54) is 11.3 Å². The Labute approximate surface area is 160 Å². The lowest BCUT2D eigenvalue weighted by Crippen LogP contribution is -2.12. The zero-order chi connectivity index (χ0) is 18.7. The third-order valence-electron chi connectivity index (χ3n) is 3.73. The summed E-state index contributed by atoms with van der Waals surface area (Å²) in [5, 5.41) is 7.59. The first kappa shape index (κ1) is 18.4. The molecule has 1 aromatic carbocycles. The number of aryl methyl sites for hydroxylation is 2. The molecule has 2 heterocycles. The summed E-state index contributed by atoms with van der Waals surface area (Å²) in [5.41, 5.74) is 7.64. The van der Waals surface area contributed by atoms with Gasteiger partial charge in [0.1, 0.15) is 12.4 Å². The highest BCUT2D eigenvalue weighted by molar-refractivity contribution is 7.14. The summed E-state index contributed by atoms with van der Waals surface area (Å²) < 4.78 is 7.40. The van der Waals surface area contributed by atoms with Crippen LogP contribution in [0.15, 0.2) is 36.5 Å². The summed E-state index contributed by atoms with van der Waals surface area (Å²) >= 11 is 7.74. The Morgan fingerprint density at radius 1 is 1.38 bits per heavy atom. The SMILES string of the molecule is Cc1ccc(C(=O)Nc2ccc(OCCN)c(-c3c(Cl)cnn3C)c2)s1. The van der Waals surface area contributed by atoms with Gasteiger partial charge in [0.25, 0.3) is 5.91 Å². The maximum atomic E-state index is 12.4. The van der Waals surface area contributed by atoms with Crippen molar-refractivity contribution < 1.29 is 9.53 Å². The first-order valence-corrected chi connectivity index (χ1v) is 9.21. The summed E-state index contributed by atoms with van der Waals surface area (Å²) in [7, 11) is 1.80. The van der Waals surface area contributed by atoms with Crippen molar-refractivity contribution in [3.63, 3.8) is 0 Å². The van der Waals surface area contributed by atoms with Crippen molar-refractivity contribution in [2.24, 2.45) is 12.8 Å². The number of aromatic nitrogens is 2. The number of carbonyl (C=O) groups excluding carboxylic acids is 1. The van der Waals surface area contributed by atoms with E-state index in [1.807, 2.05) is 25.1 Å². The summed E-state index contributed by atoms with van der Waals surface area (Å²) in [6, 6.07) is 9.14. The molecule has 0 fully saturated rings. The Bertz CT molecular complexity index is 916. The van der Waals surface area contributed by atoms with Crippen molar-refractivity contribution in [2.45, 2.75) is 6.92 Å². The zero-order valence-electron chi connectivity index (χ0n) is 14.5. The molecule has 0 aliphatic heterocycles. The highest BCUT2D eigenvalue weighted by Crippen LogP contribution is 2.36. The van der Waals surface area contributed by atoms with Gasteiger partial charge in [-0.25, -0.2) is 0 Å². The second-order valence-corrected chi connectivity index (χ2v) is 7.37. The summed E-state index contributed by atoms with van der Waals surface area (Å²) in [5.74, 6) is 0.478. The van der Waals surface area contributed by atoms with E-state index in [-0.39, 0.29) is 5.91 Å². The van der Waals surface area contributed by atoms with Gasteiger partial charge in [-0.2, -0.15) is 5.10 Å². The topological polar surface area (TPSA) is 82.2 Å².